The number of benzene rings is 2. The molecular formula is C20H22N4O3S. The predicted octanol–water partition coefficient (Wildman–Crippen LogP) is 3.08. The molecule has 0 aliphatic rings. The summed E-state index contributed by atoms with van der Waals surface area (Å²) in [5.74, 6) is 1.20. The van der Waals surface area contributed by atoms with E-state index in [9.17, 15) is 4.79 Å². The summed E-state index contributed by atoms with van der Waals surface area (Å²) in [7, 11) is 3.27. The molecule has 0 aliphatic carbocycles. The second kappa shape index (κ2) is 9.29. The number of nitrogens with one attached hydrogen (secondary N) is 2. The molecule has 1 heterocycles. The fourth-order valence-corrected chi connectivity index (χ4v) is 3.02. The average molecular weight is 398 g/mol. The first-order valence-corrected chi connectivity index (χ1v) is 9.14. The van der Waals surface area contributed by atoms with E-state index in [2.05, 4.69) is 15.5 Å². The van der Waals surface area contributed by atoms with E-state index in [1.54, 1.807) is 18.8 Å². The molecule has 28 heavy (non-hydrogen) atoms. The molecule has 1 aromatic heterocycles. The first-order chi connectivity index (χ1) is 13.6. The molecule has 2 N–H and O–H groups in total. The number of nitrogens with zero attached hydrogens (tertiary/aromatic N) is 2. The van der Waals surface area contributed by atoms with Crippen molar-refractivity contribution in [1.29, 1.82) is 0 Å². The minimum atomic E-state index is -0.149. The number of amides is 1. The van der Waals surface area contributed by atoms with Crippen LogP contribution >= 0.6 is 12.2 Å². The zero-order chi connectivity index (χ0) is 19.9. The molecule has 0 fully saturated rings. The molecule has 2 aromatic carbocycles. The van der Waals surface area contributed by atoms with Crippen LogP contribution in [0.2, 0.25) is 0 Å². The summed E-state index contributed by atoms with van der Waals surface area (Å²) in [4.78, 5) is 12.5. The van der Waals surface area contributed by atoms with Crippen LogP contribution in [0.25, 0.3) is 11.4 Å². The highest BCUT2D eigenvalue weighted by molar-refractivity contribution is 7.71. The lowest BCUT2D eigenvalue weighted by molar-refractivity contribution is -0.121. The van der Waals surface area contributed by atoms with Gasteiger partial charge in [-0.15, -0.1) is 0 Å². The molecule has 0 unspecified atom stereocenters. The Morgan fingerprint density at radius 3 is 2.64 bits per heavy atom. The van der Waals surface area contributed by atoms with Crippen molar-refractivity contribution < 1.29 is 14.3 Å². The fourth-order valence-electron chi connectivity index (χ4n) is 2.82. The lowest BCUT2D eigenvalue weighted by Crippen LogP contribution is -2.27. The summed E-state index contributed by atoms with van der Waals surface area (Å²) in [6, 6.07) is 15.3. The van der Waals surface area contributed by atoms with Crippen molar-refractivity contribution in [3.8, 4) is 17.1 Å². The molecular weight excluding hydrogens is 376 g/mol. The quantitative estimate of drug-likeness (QED) is 0.570. The van der Waals surface area contributed by atoms with Crippen LogP contribution in [-0.2, 0) is 29.2 Å². The molecule has 3 rings (SSSR count). The number of carbonyl (C=O) groups is 1. The number of H-pyrrole nitrogens is 1. The molecule has 0 atom stereocenters. The number of hydrogen-bond acceptors (Lipinski definition) is 5. The number of aromatic amines is 1. The van der Waals surface area contributed by atoms with Crippen molar-refractivity contribution in [2.75, 3.05) is 14.2 Å². The van der Waals surface area contributed by atoms with Gasteiger partial charge in [0.25, 0.3) is 0 Å². The maximum atomic E-state index is 12.5. The maximum Gasteiger partial charge on any atom is 0.240 e. The molecule has 0 bridgehead atoms. The molecule has 0 saturated heterocycles. The van der Waals surface area contributed by atoms with Crippen molar-refractivity contribution in [1.82, 2.24) is 20.1 Å². The van der Waals surface area contributed by atoms with Gasteiger partial charge in [-0.1, -0.05) is 24.3 Å². The molecule has 0 spiro atoms. The molecule has 146 valence electrons. The zero-order valence-electron chi connectivity index (χ0n) is 15.8. The summed E-state index contributed by atoms with van der Waals surface area (Å²) < 4.78 is 12.4. The first-order valence-electron chi connectivity index (χ1n) is 8.74. The fraction of sp³-hybridized carbons (Fsp3) is 0.250. The Kier molecular flexibility index (Phi) is 6.57. The monoisotopic (exact) mass is 398 g/mol. The number of ether oxygens (including phenoxy) is 2. The van der Waals surface area contributed by atoms with Gasteiger partial charge < -0.3 is 14.8 Å². The number of rotatable bonds is 8. The minimum absolute atomic E-state index is 0.0778. The van der Waals surface area contributed by atoms with Crippen LogP contribution in [0, 0.1) is 4.77 Å². The Morgan fingerprint density at radius 2 is 1.93 bits per heavy atom. The lowest BCUT2D eigenvalue weighted by Gasteiger charge is -2.09. The summed E-state index contributed by atoms with van der Waals surface area (Å²) in [6.07, 6.45) is 0. The van der Waals surface area contributed by atoms with Gasteiger partial charge in [-0.3, -0.25) is 14.5 Å². The van der Waals surface area contributed by atoms with Gasteiger partial charge >= 0.3 is 0 Å². The van der Waals surface area contributed by atoms with E-state index in [0.717, 1.165) is 22.4 Å². The summed E-state index contributed by atoms with van der Waals surface area (Å²) in [6.45, 7) is 1.05. The van der Waals surface area contributed by atoms with Crippen LogP contribution in [0.5, 0.6) is 5.75 Å². The summed E-state index contributed by atoms with van der Waals surface area (Å²) >= 11 is 5.29. The SMILES string of the molecule is COCc1cccc(CNC(=O)Cn2c(-c3ccc(OC)cc3)n[nH]c2=S)c1. The third-order valence-corrected chi connectivity index (χ3v) is 4.51. The van der Waals surface area contributed by atoms with E-state index in [0.29, 0.717) is 23.7 Å². The van der Waals surface area contributed by atoms with E-state index >= 15 is 0 Å². The van der Waals surface area contributed by atoms with Gasteiger partial charge in [0.2, 0.25) is 5.91 Å². The molecule has 0 radical (unpaired) electrons. The Morgan fingerprint density at radius 1 is 1.18 bits per heavy atom. The highest BCUT2D eigenvalue weighted by Gasteiger charge is 2.12. The van der Waals surface area contributed by atoms with Crippen molar-refractivity contribution in [3.05, 3.63) is 64.4 Å². The van der Waals surface area contributed by atoms with Gasteiger partial charge in [0.15, 0.2) is 10.6 Å². The minimum Gasteiger partial charge on any atom is -0.497 e. The third kappa shape index (κ3) is 4.85. The molecule has 3 aromatic rings. The normalized spacial score (nSPS) is 10.6. The van der Waals surface area contributed by atoms with Gasteiger partial charge in [0, 0.05) is 19.2 Å². The predicted molar refractivity (Wildman–Crippen MR) is 108 cm³/mol. The van der Waals surface area contributed by atoms with Gasteiger partial charge in [0.1, 0.15) is 12.3 Å². The Hall–Kier alpha value is -2.97. The van der Waals surface area contributed by atoms with E-state index in [1.165, 1.54) is 0 Å². The van der Waals surface area contributed by atoms with E-state index < -0.39 is 0 Å². The van der Waals surface area contributed by atoms with Crippen LogP contribution in [0.3, 0.4) is 0 Å². The lowest BCUT2D eigenvalue weighted by atomic mass is 10.1. The molecule has 7 nitrogen and oxygen atoms in total. The molecule has 8 heteroatoms. The van der Waals surface area contributed by atoms with Crippen LogP contribution in [0.15, 0.2) is 48.5 Å². The van der Waals surface area contributed by atoms with Crippen LogP contribution < -0.4 is 10.1 Å². The summed E-state index contributed by atoms with van der Waals surface area (Å²) in [5.41, 5.74) is 2.91. The smallest absolute Gasteiger partial charge is 0.240 e. The number of aromatic nitrogens is 3. The second-order valence-electron chi connectivity index (χ2n) is 6.20. The second-order valence-corrected chi connectivity index (χ2v) is 6.58. The molecule has 0 saturated carbocycles. The highest BCUT2D eigenvalue weighted by Crippen LogP contribution is 2.20. The Labute approximate surface area is 168 Å². The number of hydrogen-bond donors (Lipinski definition) is 2. The van der Waals surface area contributed by atoms with Crippen molar-refractivity contribution in [2.45, 2.75) is 19.7 Å². The number of methoxy groups -OCH3 is 2. The zero-order valence-corrected chi connectivity index (χ0v) is 16.6. The van der Waals surface area contributed by atoms with Crippen molar-refractivity contribution in [2.24, 2.45) is 0 Å². The third-order valence-electron chi connectivity index (χ3n) is 4.20. The van der Waals surface area contributed by atoms with Gasteiger partial charge in [-0.25, -0.2) is 0 Å². The first kappa shape index (κ1) is 19.8. The number of carbonyl (C=O) groups excluding carboxylic acids is 1. The van der Waals surface area contributed by atoms with Crippen molar-refractivity contribution in [3.63, 3.8) is 0 Å². The largest absolute Gasteiger partial charge is 0.497 e. The van der Waals surface area contributed by atoms with Crippen LogP contribution in [-0.4, -0.2) is 34.9 Å². The topological polar surface area (TPSA) is 81.2 Å². The molecule has 1 amide bonds. The highest BCUT2D eigenvalue weighted by atomic mass is 32.1. The van der Waals surface area contributed by atoms with Crippen LogP contribution in [0.1, 0.15) is 11.1 Å². The maximum absolute atomic E-state index is 12.5. The van der Waals surface area contributed by atoms with Gasteiger partial charge in [-0.05, 0) is 47.6 Å². The Bertz CT molecular complexity index is 995. The summed E-state index contributed by atoms with van der Waals surface area (Å²) in [5, 5.41) is 9.93. The van der Waals surface area contributed by atoms with Crippen LogP contribution in [0.4, 0.5) is 0 Å². The average Bonchev–Trinajstić information content (AvgIpc) is 3.07. The van der Waals surface area contributed by atoms with E-state index in [1.807, 2.05) is 48.5 Å². The van der Waals surface area contributed by atoms with Gasteiger partial charge in [-0.2, -0.15) is 5.10 Å². The van der Waals surface area contributed by atoms with E-state index in [-0.39, 0.29) is 12.5 Å². The van der Waals surface area contributed by atoms with Crippen molar-refractivity contribution >= 4 is 18.1 Å². The van der Waals surface area contributed by atoms with E-state index in [4.69, 9.17) is 21.7 Å². The Balaban J connectivity index is 1.68. The molecule has 0 aliphatic heterocycles. The standard InChI is InChI=1S/C20H22N4O3S/c1-26-13-15-5-3-4-14(10-15)11-21-18(25)12-24-19(22-23-20(24)28)16-6-8-17(27-2)9-7-16/h3-10H,11-13H2,1-2H3,(H,21,25)(H,23,28). The van der Waals surface area contributed by atoms with Gasteiger partial charge in [0.05, 0.1) is 13.7 Å².